The maximum atomic E-state index is 13.6. The standard InChI is InChI=1S/C28H39N3O2S/c1-4-5-6-7-12-26(32)29-16-18-30(19-17-29)28(33)22(3)31-15-13-25-24(14-20-34-25)27(31)23-11-9-8-10-21(23)2/h8-11,14,20,22,27H,4-7,12-13,15-19H2,1-3H3/t22-,27+/m0/s1. The van der Waals surface area contributed by atoms with Crippen LogP contribution in [0.5, 0.6) is 0 Å². The molecule has 2 amide bonds. The number of aryl methyl sites for hydroxylation is 1. The van der Waals surface area contributed by atoms with Crippen LogP contribution < -0.4 is 0 Å². The first kappa shape index (κ1) is 24.9. The van der Waals surface area contributed by atoms with Gasteiger partial charge in [0.05, 0.1) is 12.1 Å². The predicted molar refractivity (Wildman–Crippen MR) is 139 cm³/mol. The number of amides is 2. The molecule has 184 valence electrons. The third-order valence-electron chi connectivity index (χ3n) is 7.53. The number of nitrogens with zero attached hydrogens (tertiary/aromatic N) is 3. The zero-order chi connectivity index (χ0) is 24.1. The molecule has 1 aromatic heterocycles. The molecule has 0 N–H and O–H groups in total. The van der Waals surface area contributed by atoms with Crippen molar-refractivity contribution in [3.63, 3.8) is 0 Å². The lowest BCUT2D eigenvalue weighted by Gasteiger charge is -2.43. The second-order valence-electron chi connectivity index (χ2n) is 9.74. The Morgan fingerprint density at radius 3 is 2.44 bits per heavy atom. The van der Waals surface area contributed by atoms with Crippen LogP contribution in [-0.2, 0) is 16.0 Å². The van der Waals surface area contributed by atoms with Gasteiger partial charge < -0.3 is 9.80 Å². The van der Waals surface area contributed by atoms with E-state index >= 15 is 0 Å². The zero-order valence-electron chi connectivity index (χ0n) is 21.0. The quantitative estimate of drug-likeness (QED) is 0.497. The maximum Gasteiger partial charge on any atom is 0.239 e. The van der Waals surface area contributed by atoms with Crippen LogP contribution in [0.1, 0.15) is 73.6 Å². The van der Waals surface area contributed by atoms with Gasteiger partial charge in [0, 0.05) is 44.0 Å². The minimum Gasteiger partial charge on any atom is -0.339 e. The fourth-order valence-corrected chi connectivity index (χ4v) is 6.34. The van der Waals surface area contributed by atoms with Crippen molar-refractivity contribution in [2.24, 2.45) is 0 Å². The van der Waals surface area contributed by atoms with Gasteiger partial charge in [0.15, 0.2) is 0 Å². The number of fused-ring (bicyclic) bond motifs is 1. The number of hydrogen-bond donors (Lipinski definition) is 0. The molecule has 34 heavy (non-hydrogen) atoms. The van der Waals surface area contributed by atoms with E-state index in [-0.39, 0.29) is 23.9 Å². The number of unbranched alkanes of at least 4 members (excludes halogenated alkanes) is 3. The highest BCUT2D eigenvalue weighted by molar-refractivity contribution is 7.10. The molecule has 1 aromatic carbocycles. The van der Waals surface area contributed by atoms with Gasteiger partial charge >= 0.3 is 0 Å². The summed E-state index contributed by atoms with van der Waals surface area (Å²) in [5.74, 6) is 0.434. The number of thiophene rings is 1. The first-order valence-corrected chi connectivity index (χ1v) is 13.8. The van der Waals surface area contributed by atoms with Gasteiger partial charge in [-0.1, -0.05) is 50.5 Å². The molecule has 3 heterocycles. The molecule has 0 unspecified atom stereocenters. The van der Waals surface area contributed by atoms with Crippen molar-refractivity contribution < 1.29 is 9.59 Å². The van der Waals surface area contributed by atoms with Crippen LogP contribution in [0.15, 0.2) is 35.7 Å². The molecule has 2 aromatic rings. The fraction of sp³-hybridized carbons (Fsp3) is 0.571. The van der Waals surface area contributed by atoms with E-state index in [1.165, 1.54) is 34.4 Å². The summed E-state index contributed by atoms with van der Waals surface area (Å²) in [6, 6.07) is 10.7. The Balaban J connectivity index is 1.41. The van der Waals surface area contributed by atoms with Crippen LogP contribution in [0.4, 0.5) is 0 Å². The SMILES string of the molecule is CCCCCCC(=O)N1CCN(C(=O)[C@H](C)N2CCc3sccc3[C@H]2c2ccccc2C)CC1. The lowest BCUT2D eigenvalue weighted by molar-refractivity contribution is -0.143. The van der Waals surface area contributed by atoms with Gasteiger partial charge in [-0.15, -0.1) is 11.3 Å². The van der Waals surface area contributed by atoms with E-state index in [2.05, 4.69) is 61.4 Å². The third kappa shape index (κ3) is 5.38. The summed E-state index contributed by atoms with van der Waals surface area (Å²) >= 11 is 1.83. The van der Waals surface area contributed by atoms with Gasteiger partial charge in [-0.05, 0) is 54.8 Å². The maximum absolute atomic E-state index is 13.6. The van der Waals surface area contributed by atoms with Crippen molar-refractivity contribution in [2.75, 3.05) is 32.7 Å². The summed E-state index contributed by atoms with van der Waals surface area (Å²) in [4.78, 5) is 33.9. The summed E-state index contributed by atoms with van der Waals surface area (Å²) in [5, 5.41) is 2.18. The predicted octanol–water partition coefficient (Wildman–Crippen LogP) is 5.03. The topological polar surface area (TPSA) is 43.9 Å². The molecule has 6 heteroatoms. The number of carbonyl (C=O) groups excluding carboxylic acids is 2. The molecule has 1 saturated heterocycles. The van der Waals surface area contributed by atoms with Gasteiger partial charge in [-0.3, -0.25) is 14.5 Å². The average molecular weight is 482 g/mol. The number of piperazine rings is 1. The number of carbonyl (C=O) groups is 2. The lowest BCUT2D eigenvalue weighted by atomic mass is 9.89. The molecule has 2 aliphatic heterocycles. The first-order chi connectivity index (χ1) is 16.5. The van der Waals surface area contributed by atoms with E-state index in [1.54, 1.807) is 0 Å². The van der Waals surface area contributed by atoms with E-state index in [0.29, 0.717) is 32.6 Å². The Morgan fingerprint density at radius 2 is 1.71 bits per heavy atom. The number of rotatable bonds is 8. The largest absolute Gasteiger partial charge is 0.339 e. The van der Waals surface area contributed by atoms with Crippen LogP contribution >= 0.6 is 11.3 Å². The molecule has 0 aliphatic carbocycles. The van der Waals surface area contributed by atoms with Crippen molar-refractivity contribution in [3.8, 4) is 0 Å². The third-order valence-corrected chi connectivity index (χ3v) is 8.53. The molecule has 1 fully saturated rings. The van der Waals surface area contributed by atoms with E-state index in [1.807, 2.05) is 21.1 Å². The molecule has 0 radical (unpaired) electrons. The Kier molecular flexibility index (Phi) is 8.43. The molecule has 2 aliphatic rings. The van der Waals surface area contributed by atoms with Crippen LogP contribution in [0.25, 0.3) is 0 Å². The minimum absolute atomic E-state index is 0.112. The van der Waals surface area contributed by atoms with Gasteiger partial charge in [-0.2, -0.15) is 0 Å². The molecular formula is C28H39N3O2S. The summed E-state index contributed by atoms with van der Waals surface area (Å²) in [5.41, 5.74) is 3.91. The molecule has 4 rings (SSSR count). The van der Waals surface area contributed by atoms with Crippen molar-refractivity contribution in [1.29, 1.82) is 0 Å². The van der Waals surface area contributed by atoms with Crippen molar-refractivity contribution in [2.45, 2.75) is 71.4 Å². The number of benzene rings is 1. The van der Waals surface area contributed by atoms with E-state index in [0.717, 1.165) is 25.8 Å². The summed E-state index contributed by atoms with van der Waals surface area (Å²) in [7, 11) is 0. The molecule has 0 saturated carbocycles. The molecule has 0 spiro atoms. The zero-order valence-corrected chi connectivity index (χ0v) is 21.8. The Hall–Kier alpha value is -2.18. The Labute approximate surface area is 208 Å². The van der Waals surface area contributed by atoms with Gasteiger partial charge in [0.2, 0.25) is 11.8 Å². The normalized spacial score (nSPS) is 19.7. The molecule has 0 bridgehead atoms. The Morgan fingerprint density at radius 1 is 0.971 bits per heavy atom. The van der Waals surface area contributed by atoms with Crippen molar-refractivity contribution >= 4 is 23.2 Å². The molecule has 2 atom stereocenters. The first-order valence-electron chi connectivity index (χ1n) is 12.9. The minimum atomic E-state index is -0.200. The summed E-state index contributed by atoms with van der Waals surface area (Å²) < 4.78 is 0. The Bertz CT molecular complexity index is 980. The second-order valence-corrected chi connectivity index (χ2v) is 10.7. The average Bonchev–Trinajstić information content (AvgIpc) is 3.35. The van der Waals surface area contributed by atoms with Crippen LogP contribution in [0.3, 0.4) is 0 Å². The highest BCUT2D eigenvalue weighted by atomic mass is 32.1. The summed E-state index contributed by atoms with van der Waals surface area (Å²) in [6.45, 7) is 9.88. The van der Waals surface area contributed by atoms with Crippen LogP contribution in [0.2, 0.25) is 0 Å². The van der Waals surface area contributed by atoms with Crippen LogP contribution in [0, 0.1) is 6.92 Å². The monoisotopic (exact) mass is 481 g/mol. The highest BCUT2D eigenvalue weighted by Crippen LogP contribution is 2.40. The number of hydrogen-bond acceptors (Lipinski definition) is 4. The smallest absolute Gasteiger partial charge is 0.239 e. The van der Waals surface area contributed by atoms with Crippen molar-refractivity contribution in [3.05, 3.63) is 57.3 Å². The molecule has 5 nitrogen and oxygen atoms in total. The van der Waals surface area contributed by atoms with Crippen LogP contribution in [-0.4, -0.2) is 65.3 Å². The lowest BCUT2D eigenvalue weighted by Crippen LogP contribution is -2.56. The second kappa shape index (κ2) is 11.5. The highest BCUT2D eigenvalue weighted by Gasteiger charge is 2.37. The van der Waals surface area contributed by atoms with Gasteiger partial charge in [-0.25, -0.2) is 0 Å². The molecular weight excluding hydrogens is 442 g/mol. The van der Waals surface area contributed by atoms with E-state index in [4.69, 9.17) is 0 Å². The van der Waals surface area contributed by atoms with Gasteiger partial charge in [0.1, 0.15) is 0 Å². The van der Waals surface area contributed by atoms with Crippen molar-refractivity contribution in [1.82, 2.24) is 14.7 Å². The van der Waals surface area contributed by atoms with Gasteiger partial charge in [0.25, 0.3) is 0 Å². The van der Waals surface area contributed by atoms with E-state index in [9.17, 15) is 9.59 Å². The summed E-state index contributed by atoms with van der Waals surface area (Å²) in [6.07, 6.45) is 6.11. The fourth-order valence-electron chi connectivity index (χ4n) is 5.44. The van der Waals surface area contributed by atoms with E-state index < -0.39 is 0 Å².